The number of rotatable bonds is 5. The molecule has 0 radical (unpaired) electrons. The Hall–Kier alpha value is -2.13. The SMILES string of the molecule is NS(=O)(=O)c1ccc2c(c1)CCN2Cc1nc2ccc(Cl)cc2n1CCO. The van der Waals surface area contributed by atoms with E-state index in [-0.39, 0.29) is 11.5 Å². The van der Waals surface area contributed by atoms with E-state index in [1.165, 1.54) is 6.07 Å². The molecule has 0 unspecified atom stereocenters. The highest BCUT2D eigenvalue weighted by atomic mass is 35.5. The highest BCUT2D eigenvalue weighted by Crippen LogP contribution is 2.31. The lowest BCUT2D eigenvalue weighted by Gasteiger charge is -2.20. The molecule has 0 spiro atoms. The standard InChI is InChI=1S/C18H19ClN4O3S/c19-13-1-3-15-17(10-13)23(7-8-24)18(21-15)11-22-6-5-12-9-14(27(20,25)26)2-4-16(12)22/h1-4,9-10,24H,5-8,11H2,(H2,20,25,26). The van der Waals surface area contributed by atoms with Gasteiger partial charge in [-0.3, -0.25) is 0 Å². The minimum Gasteiger partial charge on any atom is -0.395 e. The third-order valence-corrected chi connectivity index (χ3v) is 5.96. The number of halogens is 1. The van der Waals surface area contributed by atoms with E-state index in [0.29, 0.717) is 18.1 Å². The second-order valence-electron chi connectivity index (χ2n) is 6.54. The highest BCUT2D eigenvalue weighted by molar-refractivity contribution is 7.89. The molecule has 2 aromatic carbocycles. The van der Waals surface area contributed by atoms with Gasteiger partial charge in [-0.2, -0.15) is 0 Å². The van der Waals surface area contributed by atoms with Gasteiger partial charge in [-0.25, -0.2) is 18.5 Å². The summed E-state index contributed by atoms with van der Waals surface area (Å²) in [6.07, 6.45) is 0.741. The molecule has 142 valence electrons. The molecule has 1 aromatic heterocycles. The first kappa shape index (κ1) is 18.2. The number of hydrogen-bond donors (Lipinski definition) is 2. The van der Waals surface area contributed by atoms with Gasteiger partial charge in [-0.15, -0.1) is 0 Å². The Bertz CT molecular complexity index is 1130. The van der Waals surface area contributed by atoms with Gasteiger partial charge in [0, 0.05) is 23.8 Å². The Morgan fingerprint density at radius 3 is 2.78 bits per heavy atom. The third-order valence-electron chi connectivity index (χ3n) is 4.82. The zero-order chi connectivity index (χ0) is 19.2. The summed E-state index contributed by atoms with van der Waals surface area (Å²) in [4.78, 5) is 6.98. The molecule has 0 fully saturated rings. The van der Waals surface area contributed by atoms with E-state index in [1.54, 1.807) is 18.2 Å². The van der Waals surface area contributed by atoms with Crippen molar-refractivity contribution < 1.29 is 13.5 Å². The maximum Gasteiger partial charge on any atom is 0.238 e. The van der Waals surface area contributed by atoms with Crippen molar-refractivity contribution in [3.8, 4) is 0 Å². The summed E-state index contributed by atoms with van der Waals surface area (Å²) in [6, 6.07) is 10.5. The van der Waals surface area contributed by atoms with Crippen LogP contribution in [0.2, 0.25) is 5.02 Å². The zero-order valence-electron chi connectivity index (χ0n) is 14.5. The van der Waals surface area contributed by atoms with Crippen LogP contribution in [-0.2, 0) is 29.5 Å². The number of imidazole rings is 1. The summed E-state index contributed by atoms with van der Waals surface area (Å²) in [5, 5.41) is 15.3. The minimum absolute atomic E-state index is 0.000714. The normalized spacial score (nSPS) is 14.1. The molecule has 0 bridgehead atoms. The van der Waals surface area contributed by atoms with Crippen LogP contribution in [0.5, 0.6) is 0 Å². The lowest BCUT2D eigenvalue weighted by molar-refractivity contribution is 0.276. The number of primary sulfonamides is 1. The van der Waals surface area contributed by atoms with Gasteiger partial charge in [0.15, 0.2) is 0 Å². The van der Waals surface area contributed by atoms with E-state index in [0.717, 1.165) is 41.1 Å². The van der Waals surface area contributed by atoms with Crippen molar-refractivity contribution in [1.29, 1.82) is 0 Å². The maximum absolute atomic E-state index is 11.6. The fraction of sp³-hybridized carbons (Fsp3) is 0.278. The van der Waals surface area contributed by atoms with Crippen LogP contribution in [0.4, 0.5) is 5.69 Å². The van der Waals surface area contributed by atoms with Crippen LogP contribution in [-0.4, -0.2) is 36.2 Å². The molecule has 2 heterocycles. The Morgan fingerprint density at radius 2 is 2.04 bits per heavy atom. The van der Waals surface area contributed by atoms with Gasteiger partial charge in [0.2, 0.25) is 10.0 Å². The van der Waals surface area contributed by atoms with Crippen molar-refractivity contribution in [1.82, 2.24) is 9.55 Å². The van der Waals surface area contributed by atoms with Gasteiger partial charge >= 0.3 is 0 Å². The number of nitrogens with two attached hydrogens (primary N) is 1. The second kappa shape index (κ2) is 6.79. The molecular formula is C18H19ClN4O3S. The van der Waals surface area contributed by atoms with Crippen LogP contribution in [0.3, 0.4) is 0 Å². The van der Waals surface area contributed by atoms with Crippen LogP contribution in [0.15, 0.2) is 41.3 Å². The van der Waals surface area contributed by atoms with E-state index in [2.05, 4.69) is 4.90 Å². The number of anilines is 1. The number of hydrogen-bond acceptors (Lipinski definition) is 5. The van der Waals surface area contributed by atoms with Crippen molar-refractivity contribution in [3.05, 3.63) is 52.8 Å². The van der Waals surface area contributed by atoms with Crippen molar-refractivity contribution in [2.45, 2.75) is 24.4 Å². The van der Waals surface area contributed by atoms with Crippen LogP contribution in [0.25, 0.3) is 11.0 Å². The first-order valence-corrected chi connectivity index (χ1v) is 10.5. The van der Waals surface area contributed by atoms with Gasteiger partial charge in [-0.1, -0.05) is 11.6 Å². The van der Waals surface area contributed by atoms with Crippen LogP contribution < -0.4 is 10.0 Å². The Balaban J connectivity index is 1.69. The van der Waals surface area contributed by atoms with Crippen molar-refractivity contribution in [2.24, 2.45) is 5.14 Å². The Morgan fingerprint density at radius 1 is 1.22 bits per heavy atom. The summed E-state index contributed by atoms with van der Waals surface area (Å²) in [5.41, 5.74) is 3.64. The number of nitrogens with zero attached hydrogens (tertiary/aromatic N) is 3. The summed E-state index contributed by atoms with van der Waals surface area (Å²) in [7, 11) is -3.71. The molecule has 0 saturated heterocycles. The molecule has 0 atom stereocenters. The Labute approximate surface area is 162 Å². The van der Waals surface area contributed by atoms with Crippen LogP contribution in [0, 0.1) is 0 Å². The Kier molecular flexibility index (Phi) is 4.59. The number of aliphatic hydroxyl groups is 1. The van der Waals surface area contributed by atoms with Crippen molar-refractivity contribution in [2.75, 3.05) is 18.1 Å². The summed E-state index contributed by atoms with van der Waals surface area (Å²) in [6.45, 7) is 1.73. The number of benzene rings is 2. The fourth-order valence-electron chi connectivity index (χ4n) is 3.57. The van der Waals surface area contributed by atoms with E-state index in [1.807, 2.05) is 16.7 Å². The molecule has 27 heavy (non-hydrogen) atoms. The smallest absolute Gasteiger partial charge is 0.238 e. The fourth-order valence-corrected chi connectivity index (χ4v) is 4.30. The van der Waals surface area contributed by atoms with Gasteiger partial charge in [0.1, 0.15) is 5.82 Å². The lowest BCUT2D eigenvalue weighted by Crippen LogP contribution is -2.23. The molecule has 0 aliphatic carbocycles. The van der Waals surface area contributed by atoms with E-state index in [9.17, 15) is 13.5 Å². The second-order valence-corrected chi connectivity index (χ2v) is 8.54. The highest BCUT2D eigenvalue weighted by Gasteiger charge is 2.23. The molecule has 1 aliphatic rings. The monoisotopic (exact) mass is 406 g/mol. The summed E-state index contributed by atoms with van der Waals surface area (Å²) < 4.78 is 25.1. The number of sulfonamides is 1. The molecule has 1 aliphatic heterocycles. The predicted molar refractivity (Wildman–Crippen MR) is 104 cm³/mol. The van der Waals surface area contributed by atoms with Gasteiger partial charge in [0.25, 0.3) is 0 Å². The predicted octanol–water partition coefficient (Wildman–Crippen LogP) is 1.89. The lowest BCUT2D eigenvalue weighted by atomic mass is 10.2. The first-order chi connectivity index (χ1) is 12.9. The van der Waals surface area contributed by atoms with Crippen molar-refractivity contribution in [3.63, 3.8) is 0 Å². The topological polar surface area (TPSA) is 101 Å². The number of aliphatic hydroxyl groups excluding tert-OH is 1. The van der Waals surface area contributed by atoms with Crippen LogP contribution in [0.1, 0.15) is 11.4 Å². The van der Waals surface area contributed by atoms with Gasteiger partial charge in [0.05, 0.1) is 29.1 Å². The first-order valence-electron chi connectivity index (χ1n) is 8.53. The molecule has 7 nitrogen and oxygen atoms in total. The zero-order valence-corrected chi connectivity index (χ0v) is 16.0. The molecule has 9 heteroatoms. The molecule has 0 saturated carbocycles. The van der Waals surface area contributed by atoms with Gasteiger partial charge < -0.3 is 14.6 Å². The van der Waals surface area contributed by atoms with Crippen molar-refractivity contribution >= 4 is 38.3 Å². The largest absolute Gasteiger partial charge is 0.395 e. The molecular weight excluding hydrogens is 388 g/mol. The molecule has 0 amide bonds. The van der Waals surface area contributed by atoms with E-state index < -0.39 is 10.0 Å². The number of aromatic nitrogens is 2. The quantitative estimate of drug-likeness (QED) is 0.673. The van der Waals surface area contributed by atoms with Gasteiger partial charge in [-0.05, 0) is 48.4 Å². The minimum atomic E-state index is -3.71. The molecule has 3 N–H and O–H groups in total. The maximum atomic E-state index is 11.6. The summed E-state index contributed by atoms with van der Waals surface area (Å²) in [5.74, 6) is 0.824. The van der Waals surface area contributed by atoms with E-state index >= 15 is 0 Å². The third kappa shape index (κ3) is 3.41. The summed E-state index contributed by atoms with van der Waals surface area (Å²) >= 11 is 6.12. The average Bonchev–Trinajstić information content (AvgIpc) is 3.16. The number of fused-ring (bicyclic) bond motifs is 2. The van der Waals surface area contributed by atoms with Crippen LogP contribution >= 0.6 is 11.6 Å². The average molecular weight is 407 g/mol. The molecule has 4 rings (SSSR count). The molecule has 3 aromatic rings. The van der Waals surface area contributed by atoms with E-state index in [4.69, 9.17) is 21.7 Å².